The molecule has 1 aliphatic rings. The van der Waals surface area contributed by atoms with Crippen molar-refractivity contribution in [1.29, 1.82) is 0 Å². The molecule has 1 fully saturated rings. The zero-order valence-electron chi connectivity index (χ0n) is 33.9. The quantitative estimate of drug-likeness (QED) is 0.0951. The van der Waals surface area contributed by atoms with E-state index in [0.717, 1.165) is 6.42 Å². The summed E-state index contributed by atoms with van der Waals surface area (Å²) in [6.45, 7) is 19.7. The molecule has 0 spiro atoms. The smallest absolute Gasteiger partial charge is 0.490 e. The molecule has 4 N–H and O–H groups in total. The summed E-state index contributed by atoms with van der Waals surface area (Å²) in [6.07, 6.45) is -2.66. The number of nitrogens with two attached hydrogens (primary N) is 2. The van der Waals surface area contributed by atoms with E-state index >= 15 is 0 Å². The third-order valence-electron chi connectivity index (χ3n) is 9.55. The van der Waals surface area contributed by atoms with Crippen molar-refractivity contribution in [3.8, 4) is 22.8 Å². The van der Waals surface area contributed by atoms with Crippen molar-refractivity contribution in [2.24, 2.45) is 23.3 Å². The van der Waals surface area contributed by atoms with E-state index in [0.29, 0.717) is 46.0 Å². The average molecular weight is 788 g/mol. The molecule has 0 bridgehead atoms. The van der Waals surface area contributed by atoms with Gasteiger partial charge in [-0.2, -0.15) is 0 Å². The fraction of sp³-hybridized carbons (Fsp3) is 0.537. The lowest BCUT2D eigenvalue weighted by Gasteiger charge is -2.32. The van der Waals surface area contributed by atoms with Gasteiger partial charge in [0.15, 0.2) is 0 Å². The van der Waals surface area contributed by atoms with Gasteiger partial charge < -0.3 is 30.2 Å². The Morgan fingerprint density at radius 3 is 1.73 bits per heavy atom. The number of ether oxygens (including phenoxy) is 2. The SMILES string of the molecule is CC(C)C[C@](C)(N)COc1ccc(-c2ccnc3ccc(F)cc23)nc1C(F)F.CC(C)C[C@](C)(N)COc1ccc(B2OC(C)(C)C(C)(C)O2)nc1C(F)F. The lowest BCUT2D eigenvalue weighted by molar-refractivity contribution is 0.00578. The van der Waals surface area contributed by atoms with Gasteiger partial charge in [0.1, 0.15) is 41.9 Å². The van der Waals surface area contributed by atoms with Gasteiger partial charge in [0.05, 0.1) is 28.0 Å². The van der Waals surface area contributed by atoms with Gasteiger partial charge in [-0.3, -0.25) is 9.97 Å². The number of hydrogen-bond acceptors (Lipinski definition) is 9. The lowest BCUT2D eigenvalue weighted by Crippen LogP contribution is -2.43. The summed E-state index contributed by atoms with van der Waals surface area (Å²) in [5.41, 5.74) is 10.8. The van der Waals surface area contributed by atoms with E-state index in [1.54, 1.807) is 18.2 Å². The molecule has 0 saturated carbocycles. The van der Waals surface area contributed by atoms with Gasteiger partial charge in [-0.05, 0) is 115 Å². The molecule has 0 aliphatic carbocycles. The summed E-state index contributed by atoms with van der Waals surface area (Å²) in [6, 6.07) is 11.9. The number of fused-ring (bicyclic) bond motifs is 1. The zero-order chi connectivity index (χ0) is 41.8. The highest BCUT2D eigenvalue weighted by Gasteiger charge is 2.52. The molecule has 56 heavy (non-hydrogen) atoms. The predicted octanol–water partition coefficient (Wildman–Crippen LogP) is 8.98. The maximum atomic E-state index is 13.7. The Morgan fingerprint density at radius 2 is 1.23 bits per heavy atom. The summed E-state index contributed by atoms with van der Waals surface area (Å²) in [5, 5.41) is 0.500. The first kappa shape index (κ1) is 44.8. The minimum atomic E-state index is -2.83. The second-order valence-electron chi connectivity index (χ2n) is 17.0. The number of benzene rings is 1. The van der Waals surface area contributed by atoms with Crippen LogP contribution in [0.3, 0.4) is 0 Å². The Labute approximate surface area is 327 Å². The van der Waals surface area contributed by atoms with Crippen molar-refractivity contribution in [1.82, 2.24) is 15.0 Å². The molecule has 1 aromatic carbocycles. The van der Waals surface area contributed by atoms with Gasteiger partial charge in [-0.1, -0.05) is 27.7 Å². The van der Waals surface area contributed by atoms with E-state index in [1.807, 2.05) is 55.4 Å². The van der Waals surface area contributed by atoms with Crippen LogP contribution in [0.15, 0.2) is 54.7 Å². The van der Waals surface area contributed by atoms with Crippen molar-refractivity contribution < 1.29 is 40.7 Å². The van der Waals surface area contributed by atoms with Gasteiger partial charge >= 0.3 is 7.12 Å². The number of pyridine rings is 3. The topological polar surface area (TPSA) is 128 Å². The van der Waals surface area contributed by atoms with Gasteiger partial charge in [0.25, 0.3) is 12.9 Å². The molecule has 2 atom stereocenters. The summed E-state index contributed by atoms with van der Waals surface area (Å²) >= 11 is 0. The molecule has 1 saturated heterocycles. The van der Waals surface area contributed by atoms with E-state index < -0.39 is 59.5 Å². The van der Waals surface area contributed by atoms with Gasteiger partial charge in [-0.25, -0.2) is 26.9 Å². The Kier molecular flexibility index (Phi) is 14.2. The molecule has 1 aliphatic heterocycles. The van der Waals surface area contributed by atoms with E-state index in [1.165, 1.54) is 36.5 Å². The molecule has 5 rings (SSSR count). The second kappa shape index (κ2) is 17.7. The van der Waals surface area contributed by atoms with Crippen LogP contribution in [0.1, 0.15) is 106 Å². The summed E-state index contributed by atoms with van der Waals surface area (Å²) < 4.78 is 91.2. The molecule has 0 radical (unpaired) electrons. The summed E-state index contributed by atoms with van der Waals surface area (Å²) in [5.74, 6) is 0.318. The molecule has 0 unspecified atom stereocenters. The van der Waals surface area contributed by atoms with Crippen LogP contribution in [0.4, 0.5) is 22.0 Å². The van der Waals surface area contributed by atoms with Crippen molar-refractivity contribution in [2.45, 2.75) is 117 Å². The Balaban J connectivity index is 0.000000249. The van der Waals surface area contributed by atoms with Gasteiger partial charge in [0, 0.05) is 28.2 Å². The van der Waals surface area contributed by atoms with Gasteiger partial charge in [0.2, 0.25) is 0 Å². The molecule has 9 nitrogen and oxygen atoms in total. The number of alkyl halides is 4. The summed E-state index contributed by atoms with van der Waals surface area (Å²) in [4.78, 5) is 12.4. The molecule has 15 heteroatoms. The number of aromatic nitrogens is 3. The number of halogens is 5. The van der Waals surface area contributed by atoms with Crippen molar-refractivity contribution in [3.05, 3.63) is 71.9 Å². The molecule has 306 valence electrons. The number of nitrogens with zero attached hydrogens (tertiary/aromatic N) is 3. The minimum absolute atomic E-state index is 0.00581. The second-order valence-corrected chi connectivity index (χ2v) is 17.0. The molecule has 4 heterocycles. The van der Waals surface area contributed by atoms with Crippen molar-refractivity contribution in [3.63, 3.8) is 0 Å². The molecule has 3 aromatic heterocycles. The average Bonchev–Trinajstić information content (AvgIpc) is 3.31. The Bertz CT molecular complexity index is 1930. The predicted molar refractivity (Wildman–Crippen MR) is 210 cm³/mol. The van der Waals surface area contributed by atoms with Gasteiger partial charge in [-0.15, -0.1) is 0 Å². The summed E-state index contributed by atoms with van der Waals surface area (Å²) in [7, 11) is -0.803. The first-order valence-corrected chi connectivity index (χ1v) is 18.7. The Morgan fingerprint density at radius 1 is 0.732 bits per heavy atom. The van der Waals surface area contributed by atoms with Crippen molar-refractivity contribution >= 4 is 23.6 Å². The van der Waals surface area contributed by atoms with Crippen LogP contribution < -0.4 is 26.5 Å². The third kappa shape index (κ3) is 11.6. The van der Waals surface area contributed by atoms with E-state index in [2.05, 4.69) is 28.8 Å². The highest BCUT2D eigenvalue weighted by Crippen LogP contribution is 2.37. The highest BCUT2D eigenvalue weighted by atomic mass is 19.3. The van der Waals surface area contributed by atoms with Crippen LogP contribution in [0.2, 0.25) is 0 Å². The van der Waals surface area contributed by atoms with Crippen molar-refractivity contribution in [2.75, 3.05) is 13.2 Å². The lowest BCUT2D eigenvalue weighted by atomic mass is 9.84. The van der Waals surface area contributed by atoms with Crippen LogP contribution in [-0.2, 0) is 9.31 Å². The molecular formula is C41H55BF5N5O4. The Hall–Kier alpha value is -3.92. The third-order valence-corrected chi connectivity index (χ3v) is 9.55. The normalized spacial score (nSPS) is 17.3. The zero-order valence-corrected chi connectivity index (χ0v) is 33.9. The van der Waals surface area contributed by atoms with Crippen LogP contribution in [0.25, 0.3) is 22.2 Å². The first-order valence-electron chi connectivity index (χ1n) is 18.7. The first-order chi connectivity index (χ1) is 25.9. The standard InChI is InChI=1S/C22H24F3N3O.C19H31BF2N2O3/c1-13(2)11-22(3,26)12-29-19-7-6-18(28-20(19)21(24)25)15-8-9-27-17-5-4-14(23)10-16(15)17;1-12(2)10-19(7,23)11-25-13-8-9-14(24-15(13)16(21)22)20-26-17(3,4)18(5,6)27-20/h4-10,13,21H,11-12,26H2,1-3H3;8-9,12,16H,10-11,23H2,1-7H3/t22-;19-/m00/s1. The van der Waals surface area contributed by atoms with Crippen LogP contribution in [0.5, 0.6) is 11.5 Å². The molecule has 0 amide bonds. The van der Waals surface area contributed by atoms with E-state index in [4.69, 9.17) is 30.2 Å². The van der Waals surface area contributed by atoms with Crippen LogP contribution in [-0.4, -0.2) is 57.6 Å². The number of rotatable bonds is 14. The fourth-order valence-corrected chi connectivity index (χ4v) is 6.55. The monoisotopic (exact) mass is 787 g/mol. The molecule has 4 aromatic rings. The maximum Gasteiger partial charge on any atom is 0.514 e. The maximum absolute atomic E-state index is 13.7. The molecular weight excluding hydrogens is 732 g/mol. The number of hydrogen-bond donors (Lipinski definition) is 2. The van der Waals surface area contributed by atoms with E-state index in [-0.39, 0.29) is 24.7 Å². The minimum Gasteiger partial charge on any atom is -0.490 e. The van der Waals surface area contributed by atoms with Crippen LogP contribution >= 0.6 is 0 Å². The van der Waals surface area contributed by atoms with Crippen LogP contribution in [0, 0.1) is 17.7 Å². The fourth-order valence-electron chi connectivity index (χ4n) is 6.55. The highest BCUT2D eigenvalue weighted by molar-refractivity contribution is 6.61. The van der Waals surface area contributed by atoms with E-state index in [9.17, 15) is 22.0 Å². The largest absolute Gasteiger partial charge is 0.514 e.